The lowest BCUT2D eigenvalue weighted by atomic mass is 9.81. The quantitative estimate of drug-likeness (QED) is 0.0524. The van der Waals surface area contributed by atoms with Crippen molar-refractivity contribution in [2.75, 3.05) is 57.3 Å². The third-order valence-corrected chi connectivity index (χ3v) is 18.2. The SMILES string of the molecule is CCc1cccc2cc(O)cc(-c3ncc4c(N5CC6CCC(C5)N6)nc(OCCC5CC(CC6CN(CC(=O)N[C@H](C(=O)N7C[C@H](O)C[C@H]7C(=O)N[C@@H](C)c7ccc(-c8scnc8C)cc7)C(C)(C)C)C6)CCN5)nc4c3F)c12. The standard InChI is InChI=1S/C61H76FN11O6S/c1-7-38-9-8-10-41-23-45(74)24-47(51(38)41)53-52(62)54-48(26-64-53)57(72-29-43-15-16-44(30-72)67-43)70-60(69-54)79-20-18-42-22-36(17-19-63-42)21-37-27-71(28-37)32-50(76)68-56(61(4,5)6)59(78)73-31-46(75)25-49(73)58(77)66-34(2)39-11-13-40(14-12-39)55-35(3)65-33-80-55/h8-14,23-24,26,33-34,36-37,42-44,46,49,56,63,67,74-75H,7,15-22,25,27-32H2,1-6H3,(H,66,77)(H,68,76)/t34-,36?,42?,43?,44?,46+,49-,56+/m0/s1. The Morgan fingerprint density at radius 3 is 2.45 bits per heavy atom. The fourth-order valence-corrected chi connectivity index (χ4v) is 13.9. The third kappa shape index (κ3) is 11.8. The number of nitrogens with one attached hydrogen (secondary N) is 4. The van der Waals surface area contributed by atoms with Crippen molar-refractivity contribution in [1.29, 1.82) is 0 Å². The lowest BCUT2D eigenvalue weighted by Gasteiger charge is -2.42. The molecule has 0 saturated carbocycles. The smallest absolute Gasteiger partial charge is 0.319 e. The number of rotatable bonds is 17. The minimum atomic E-state index is -0.905. The molecule has 0 radical (unpaired) electrons. The summed E-state index contributed by atoms with van der Waals surface area (Å²) in [4.78, 5) is 67.5. The molecule has 6 N–H and O–H groups in total. The van der Waals surface area contributed by atoms with Crippen molar-refractivity contribution < 1.29 is 33.7 Å². The molecule has 4 unspecified atom stereocenters. The average molecular weight is 1110 g/mol. The zero-order chi connectivity index (χ0) is 56.0. The number of thiazole rings is 1. The Hall–Kier alpha value is -6.38. The molecule has 17 nitrogen and oxygen atoms in total. The lowest BCUT2D eigenvalue weighted by Crippen LogP contribution is -2.60. The first-order valence-corrected chi connectivity index (χ1v) is 29.6. The zero-order valence-electron chi connectivity index (χ0n) is 46.8. The highest BCUT2D eigenvalue weighted by Gasteiger charge is 2.45. The van der Waals surface area contributed by atoms with E-state index in [1.165, 1.54) is 4.90 Å². The van der Waals surface area contributed by atoms with E-state index in [0.29, 0.717) is 47.3 Å². The van der Waals surface area contributed by atoms with Crippen LogP contribution >= 0.6 is 11.3 Å². The number of hydrogen-bond donors (Lipinski definition) is 6. The van der Waals surface area contributed by atoms with Crippen LogP contribution in [-0.4, -0.2) is 146 Å². The fraction of sp³-hybridized carbons (Fsp3) is 0.525. The second kappa shape index (κ2) is 23.2. The number of aliphatic hydroxyl groups is 1. The predicted octanol–water partition coefficient (Wildman–Crippen LogP) is 7.45. The summed E-state index contributed by atoms with van der Waals surface area (Å²) in [6.45, 7) is 16.1. The molecule has 3 aromatic carbocycles. The number of fused-ring (bicyclic) bond motifs is 4. The molecule has 8 atom stereocenters. The fourth-order valence-electron chi connectivity index (χ4n) is 13.1. The number of anilines is 1. The number of carbonyl (C=O) groups excluding carboxylic acids is 3. The Morgan fingerprint density at radius 2 is 1.73 bits per heavy atom. The van der Waals surface area contributed by atoms with Gasteiger partial charge in [0.15, 0.2) is 5.82 Å². The number of β-amino-alcohol motifs (C(OH)–C–C–N with tert-alkyl or cyclic N) is 1. The van der Waals surface area contributed by atoms with Crippen molar-refractivity contribution in [2.24, 2.45) is 17.3 Å². The Labute approximate surface area is 471 Å². The molecule has 2 bridgehead atoms. The molecule has 5 saturated heterocycles. The van der Waals surface area contributed by atoms with Crippen LogP contribution in [0.2, 0.25) is 0 Å². The van der Waals surface area contributed by atoms with Crippen LogP contribution in [0.4, 0.5) is 10.2 Å². The van der Waals surface area contributed by atoms with Crippen LogP contribution < -0.4 is 30.9 Å². The minimum Gasteiger partial charge on any atom is -0.508 e. The molecule has 5 fully saturated rings. The van der Waals surface area contributed by atoms with E-state index in [9.17, 15) is 24.6 Å². The third-order valence-electron chi connectivity index (χ3n) is 17.3. The number of hydrogen-bond acceptors (Lipinski definition) is 15. The number of piperidine rings is 1. The molecule has 3 aromatic heterocycles. The summed E-state index contributed by atoms with van der Waals surface area (Å²) < 4.78 is 23.5. The van der Waals surface area contributed by atoms with Crippen molar-refractivity contribution in [3.8, 4) is 33.5 Å². The summed E-state index contributed by atoms with van der Waals surface area (Å²) in [5.41, 5.74) is 5.91. The maximum atomic E-state index is 17.2. The number of carbonyl (C=O) groups is 3. The largest absolute Gasteiger partial charge is 0.508 e. The number of ether oxygens (including phenoxy) is 1. The molecule has 11 rings (SSSR count). The highest BCUT2D eigenvalue weighted by atomic mass is 32.1. The molecule has 0 spiro atoms. The number of benzene rings is 3. The van der Waals surface area contributed by atoms with Gasteiger partial charge in [-0.25, -0.2) is 9.37 Å². The summed E-state index contributed by atoms with van der Waals surface area (Å²) in [6.07, 6.45) is 7.61. The van der Waals surface area contributed by atoms with Crippen LogP contribution in [0.1, 0.15) is 102 Å². The summed E-state index contributed by atoms with van der Waals surface area (Å²) in [5, 5.41) is 37.2. The number of aromatic nitrogens is 4. The van der Waals surface area contributed by atoms with E-state index in [1.54, 1.807) is 29.7 Å². The van der Waals surface area contributed by atoms with E-state index in [4.69, 9.17) is 19.7 Å². The van der Waals surface area contributed by atoms with Gasteiger partial charge in [-0.3, -0.25) is 24.3 Å². The minimum absolute atomic E-state index is 0.00780. The van der Waals surface area contributed by atoms with Crippen LogP contribution in [0.5, 0.6) is 11.8 Å². The molecule has 80 heavy (non-hydrogen) atoms. The van der Waals surface area contributed by atoms with Crippen molar-refractivity contribution in [2.45, 2.75) is 135 Å². The normalized spacial score (nSPS) is 23.3. The first kappa shape index (κ1) is 55.5. The van der Waals surface area contributed by atoms with Crippen LogP contribution in [-0.2, 0) is 20.8 Å². The van der Waals surface area contributed by atoms with Crippen molar-refractivity contribution in [1.82, 2.24) is 51.0 Å². The van der Waals surface area contributed by atoms with Crippen LogP contribution in [0.25, 0.3) is 43.4 Å². The maximum absolute atomic E-state index is 17.2. The van der Waals surface area contributed by atoms with Gasteiger partial charge in [-0.2, -0.15) is 9.97 Å². The van der Waals surface area contributed by atoms with Gasteiger partial charge in [-0.1, -0.05) is 70.2 Å². The molecule has 5 aliphatic heterocycles. The number of amides is 3. The number of halogens is 1. The van der Waals surface area contributed by atoms with Gasteiger partial charge < -0.3 is 46.0 Å². The van der Waals surface area contributed by atoms with Gasteiger partial charge in [-0.15, -0.1) is 11.3 Å². The second-order valence-electron chi connectivity index (χ2n) is 24.3. The van der Waals surface area contributed by atoms with Gasteiger partial charge in [0.25, 0.3) is 0 Å². The second-order valence-corrected chi connectivity index (χ2v) is 25.1. The summed E-state index contributed by atoms with van der Waals surface area (Å²) in [5.74, 6) is 0.0484. The van der Waals surface area contributed by atoms with E-state index >= 15 is 4.39 Å². The summed E-state index contributed by atoms with van der Waals surface area (Å²) >= 11 is 1.58. The molecule has 5 aliphatic rings. The number of phenolic OH excluding ortho intramolecular Hbond substituents is 1. The van der Waals surface area contributed by atoms with E-state index in [2.05, 4.69) is 43.0 Å². The van der Waals surface area contributed by atoms with E-state index in [-0.39, 0.29) is 72.3 Å². The molecule has 8 heterocycles. The molecule has 3 amide bonds. The number of phenols is 1. The van der Waals surface area contributed by atoms with E-state index < -0.39 is 29.4 Å². The summed E-state index contributed by atoms with van der Waals surface area (Å²) in [7, 11) is 0. The van der Waals surface area contributed by atoms with Crippen molar-refractivity contribution >= 4 is 56.6 Å². The van der Waals surface area contributed by atoms with Gasteiger partial charge in [0.1, 0.15) is 34.9 Å². The molecular formula is C61H76FN11O6S. The van der Waals surface area contributed by atoms with Gasteiger partial charge in [0, 0.05) is 69.0 Å². The van der Waals surface area contributed by atoms with E-state index in [1.807, 2.05) is 82.6 Å². The molecule has 6 aromatic rings. The zero-order valence-corrected chi connectivity index (χ0v) is 47.6. The Morgan fingerprint density at radius 1 is 0.950 bits per heavy atom. The number of piperazine rings is 1. The van der Waals surface area contributed by atoms with Crippen LogP contribution in [0.3, 0.4) is 0 Å². The van der Waals surface area contributed by atoms with Gasteiger partial charge in [-0.05, 0) is 122 Å². The van der Waals surface area contributed by atoms with Crippen molar-refractivity contribution in [3.63, 3.8) is 0 Å². The van der Waals surface area contributed by atoms with Gasteiger partial charge in [0.05, 0.1) is 46.8 Å². The lowest BCUT2D eigenvalue weighted by molar-refractivity contribution is -0.144. The predicted molar refractivity (Wildman–Crippen MR) is 309 cm³/mol. The average Bonchev–Trinajstić information content (AvgIpc) is 4.21. The highest BCUT2D eigenvalue weighted by Crippen LogP contribution is 2.40. The van der Waals surface area contributed by atoms with Gasteiger partial charge >= 0.3 is 6.01 Å². The number of aromatic hydroxyl groups is 1. The Bertz CT molecular complexity index is 3240. The number of likely N-dealkylation sites (tertiary alicyclic amines) is 2. The highest BCUT2D eigenvalue weighted by molar-refractivity contribution is 7.13. The van der Waals surface area contributed by atoms with Gasteiger partial charge in [0.2, 0.25) is 17.7 Å². The number of nitrogens with zero attached hydrogens (tertiary/aromatic N) is 7. The molecule has 19 heteroatoms. The topological polar surface area (TPSA) is 210 Å². The maximum Gasteiger partial charge on any atom is 0.319 e. The molecule has 424 valence electrons. The molecular weight excluding hydrogens is 1030 g/mol. The summed E-state index contributed by atoms with van der Waals surface area (Å²) in [6, 6.07) is 16.0. The van der Waals surface area contributed by atoms with Crippen LogP contribution in [0, 0.1) is 30.0 Å². The van der Waals surface area contributed by atoms with E-state index in [0.717, 1.165) is 116 Å². The Balaban J connectivity index is 0.680. The first-order chi connectivity index (χ1) is 38.5. The number of pyridine rings is 1. The Kier molecular flexibility index (Phi) is 16.1. The van der Waals surface area contributed by atoms with Crippen molar-refractivity contribution in [3.05, 3.63) is 88.9 Å². The first-order valence-electron chi connectivity index (χ1n) is 28.8. The van der Waals surface area contributed by atoms with Crippen LogP contribution in [0.15, 0.2) is 66.3 Å². The molecule has 0 aliphatic carbocycles. The number of aliphatic hydroxyl groups excluding tert-OH is 1. The number of aryl methyl sites for hydroxylation is 2. The monoisotopic (exact) mass is 1110 g/mol.